The molecule has 2 fully saturated rings. The van der Waals surface area contributed by atoms with Gasteiger partial charge in [-0.3, -0.25) is 14.4 Å². The summed E-state index contributed by atoms with van der Waals surface area (Å²) in [5, 5.41) is 1.93. The lowest BCUT2D eigenvalue weighted by molar-refractivity contribution is -0.141. The van der Waals surface area contributed by atoms with Crippen LogP contribution in [-0.4, -0.2) is 41.2 Å². The van der Waals surface area contributed by atoms with E-state index < -0.39 is 17.9 Å². The molecule has 0 radical (unpaired) electrons. The molecule has 1 aliphatic carbocycles. The van der Waals surface area contributed by atoms with Gasteiger partial charge in [0, 0.05) is 10.8 Å². The number of anilines is 1. The van der Waals surface area contributed by atoms with Crippen molar-refractivity contribution in [3.8, 4) is 0 Å². The third-order valence-corrected chi connectivity index (χ3v) is 8.45. The van der Waals surface area contributed by atoms with Gasteiger partial charge in [0.1, 0.15) is 6.04 Å². The van der Waals surface area contributed by atoms with Crippen molar-refractivity contribution in [2.45, 2.75) is 53.6 Å². The summed E-state index contributed by atoms with van der Waals surface area (Å²) in [7, 11) is 0. The lowest BCUT2D eigenvalue weighted by atomic mass is 10.0. The summed E-state index contributed by atoms with van der Waals surface area (Å²) in [6.45, 7) is 10.5. The number of thiophene rings is 1. The first-order chi connectivity index (χ1) is 16.0. The van der Waals surface area contributed by atoms with Crippen LogP contribution in [-0.2, 0) is 25.7 Å². The Bertz CT molecular complexity index is 1110. The first-order valence-electron chi connectivity index (χ1n) is 11.5. The molecule has 34 heavy (non-hydrogen) atoms. The molecule has 1 unspecified atom stereocenters. The fourth-order valence-electron chi connectivity index (χ4n) is 4.98. The average Bonchev–Trinajstić information content (AvgIpc) is 3.19. The van der Waals surface area contributed by atoms with Gasteiger partial charge in [0.15, 0.2) is 0 Å². The van der Waals surface area contributed by atoms with E-state index >= 15 is 0 Å². The Kier molecular flexibility index (Phi) is 6.14. The Morgan fingerprint density at radius 3 is 2.26 bits per heavy atom. The first-order valence-corrected chi connectivity index (χ1v) is 12.4. The monoisotopic (exact) mass is 482 g/mol. The minimum atomic E-state index is -0.862. The molecule has 1 aromatic carbocycles. The van der Waals surface area contributed by atoms with Crippen molar-refractivity contribution in [3.63, 3.8) is 0 Å². The molecular formula is C26H30N2O5S. The Morgan fingerprint density at radius 2 is 1.74 bits per heavy atom. The minimum Gasteiger partial charge on any atom is -0.462 e. The largest absolute Gasteiger partial charge is 0.462 e. The maximum Gasteiger partial charge on any atom is 0.338 e. The second kappa shape index (κ2) is 8.65. The molecule has 4 rings (SSSR count). The lowest BCUT2D eigenvalue weighted by Crippen LogP contribution is -2.46. The highest BCUT2D eigenvalue weighted by Gasteiger charge is 2.69. The Hall–Kier alpha value is -3.00. The fourth-order valence-corrected chi connectivity index (χ4v) is 5.69. The number of hydrogen-bond acceptors (Lipinski definition) is 6. The maximum atomic E-state index is 13.7. The zero-order chi connectivity index (χ0) is 24.8. The van der Waals surface area contributed by atoms with E-state index in [-0.39, 0.29) is 41.6 Å². The van der Waals surface area contributed by atoms with Crippen molar-refractivity contribution in [2.75, 3.05) is 11.5 Å². The van der Waals surface area contributed by atoms with Crippen LogP contribution in [0.5, 0.6) is 0 Å². The Labute approximate surface area is 203 Å². The molecule has 2 heterocycles. The standard InChI is InChI=1S/C26H30N2O5S/c1-6-33-24(32)16-9-11-17(12-10-16)28-20(29)14-19(22(28)30)27(15-18-8-7-13-34-18)23(31)21-25(2,3)26(21,4)5/h7-13,19,21H,6,14-15H2,1-5H3. The van der Waals surface area contributed by atoms with Crippen molar-refractivity contribution in [1.82, 2.24) is 4.90 Å². The van der Waals surface area contributed by atoms with E-state index in [9.17, 15) is 19.2 Å². The highest BCUT2D eigenvalue weighted by molar-refractivity contribution is 7.09. The molecule has 2 aromatic rings. The zero-order valence-electron chi connectivity index (χ0n) is 20.2. The third-order valence-electron chi connectivity index (χ3n) is 7.59. The topological polar surface area (TPSA) is 84.0 Å². The average molecular weight is 483 g/mol. The quantitative estimate of drug-likeness (QED) is 0.435. The smallest absolute Gasteiger partial charge is 0.338 e. The maximum absolute atomic E-state index is 13.7. The van der Waals surface area contributed by atoms with E-state index in [1.54, 1.807) is 24.0 Å². The lowest BCUT2D eigenvalue weighted by Gasteiger charge is -2.28. The van der Waals surface area contributed by atoms with Gasteiger partial charge in [0.05, 0.1) is 30.8 Å². The van der Waals surface area contributed by atoms with Crippen molar-refractivity contribution < 1.29 is 23.9 Å². The number of esters is 1. The van der Waals surface area contributed by atoms with Crippen molar-refractivity contribution in [1.29, 1.82) is 0 Å². The number of benzene rings is 1. The van der Waals surface area contributed by atoms with Gasteiger partial charge in [-0.2, -0.15) is 0 Å². The zero-order valence-corrected chi connectivity index (χ0v) is 21.0. The van der Waals surface area contributed by atoms with Crippen molar-refractivity contribution in [3.05, 3.63) is 52.2 Å². The molecule has 1 saturated carbocycles. The summed E-state index contributed by atoms with van der Waals surface area (Å²) in [5.41, 5.74) is 0.341. The Balaban J connectivity index is 1.61. The van der Waals surface area contributed by atoms with E-state index in [1.807, 2.05) is 17.5 Å². The summed E-state index contributed by atoms with van der Waals surface area (Å²) >= 11 is 1.52. The molecule has 7 nitrogen and oxygen atoms in total. The summed E-state index contributed by atoms with van der Waals surface area (Å²) < 4.78 is 4.99. The van der Waals surface area contributed by atoms with Gasteiger partial charge in [-0.15, -0.1) is 11.3 Å². The van der Waals surface area contributed by atoms with Crippen LogP contribution >= 0.6 is 11.3 Å². The normalized spacial score (nSPS) is 21.0. The molecule has 1 saturated heterocycles. The molecule has 1 atom stereocenters. The number of hydrogen-bond donors (Lipinski definition) is 0. The molecule has 1 aliphatic heterocycles. The highest BCUT2D eigenvalue weighted by Crippen LogP contribution is 2.69. The number of carbonyl (C=O) groups is 4. The number of amides is 3. The number of rotatable bonds is 7. The minimum absolute atomic E-state index is 0.0663. The van der Waals surface area contributed by atoms with Crippen LogP contribution < -0.4 is 4.90 Å². The molecule has 0 spiro atoms. The predicted molar refractivity (Wildman–Crippen MR) is 129 cm³/mol. The van der Waals surface area contributed by atoms with Crippen molar-refractivity contribution in [2.24, 2.45) is 16.7 Å². The van der Waals surface area contributed by atoms with Gasteiger partial charge in [0.2, 0.25) is 11.8 Å². The molecule has 0 N–H and O–H groups in total. The molecule has 3 amide bonds. The van der Waals surface area contributed by atoms with Crippen LogP contribution in [0.3, 0.4) is 0 Å². The molecule has 180 valence electrons. The van der Waals surface area contributed by atoms with Gasteiger partial charge >= 0.3 is 5.97 Å². The summed E-state index contributed by atoms with van der Waals surface area (Å²) in [6.07, 6.45) is -0.0663. The van der Waals surface area contributed by atoms with E-state index in [1.165, 1.54) is 23.5 Å². The van der Waals surface area contributed by atoms with Crippen LogP contribution in [0.4, 0.5) is 5.69 Å². The van der Waals surface area contributed by atoms with Gasteiger partial charge in [0.25, 0.3) is 5.91 Å². The summed E-state index contributed by atoms with van der Waals surface area (Å²) in [4.78, 5) is 55.8. The van der Waals surface area contributed by atoms with Crippen LogP contribution in [0.2, 0.25) is 0 Å². The van der Waals surface area contributed by atoms with Crippen molar-refractivity contribution >= 4 is 40.7 Å². The second-order valence-electron chi connectivity index (χ2n) is 9.98. The van der Waals surface area contributed by atoms with Gasteiger partial charge in [-0.25, -0.2) is 9.69 Å². The highest BCUT2D eigenvalue weighted by atomic mass is 32.1. The summed E-state index contributed by atoms with van der Waals surface area (Å²) in [5.74, 6) is -1.56. The molecule has 8 heteroatoms. The van der Waals surface area contributed by atoms with Gasteiger partial charge < -0.3 is 9.64 Å². The number of ether oxygens (including phenoxy) is 1. The second-order valence-corrected chi connectivity index (χ2v) is 11.0. The first kappa shape index (κ1) is 24.1. The van der Waals surface area contributed by atoms with E-state index in [2.05, 4.69) is 27.7 Å². The predicted octanol–water partition coefficient (Wildman–Crippen LogP) is 4.27. The SMILES string of the molecule is CCOC(=O)c1ccc(N2C(=O)CC(N(Cc3cccs3)C(=O)C3C(C)(C)C3(C)C)C2=O)cc1. The summed E-state index contributed by atoms with van der Waals surface area (Å²) in [6, 6.07) is 9.16. The Morgan fingerprint density at radius 1 is 1.09 bits per heavy atom. The number of imide groups is 1. The van der Waals surface area contributed by atoms with Crippen LogP contribution in [0, 0.1) is 16.7 Å². The number of nitrogens with zero attached hydrogens (tertiary/aromatic N) is 2. The van der Waals surface area contributed by atoms with Gasteiger partial charge in [-0.05, 0) is 53.5 Å². The van der Waals surface area contributed by atoms with Gasteiger partial charge in [-0.1, -0.05) is 33.8 Å². The molecule has 1 aromatic heterocycles. The fraction of sp³-hybridized carbons (Fsp3) is 0.462. The van der Waals surface area contributed by atoms with Crippen LogP contribution in [0.15, 0.2) is 41.8 Å². The number of carbonyl (C=O) groups excluding carboxylic acids is 4. The molecule has 2 aliphatic rings. The van der Waals surface area contributed by atoms with Crippen LogP contribution in [0.25, 0.3) is 0 Å². The molecule has 0 bridgehead atoms. The van der Waals surface area contributed by atoms with E-state index in [0.717, 1.165) is 9.78 Å². The van der Waals surface area contributed by atoms with E-state index in [4.69, 9.17) is 4.74 Å². The third kappa shape index (κ3) is 3.94. The molecular weight excluding hydrogens is 452 g/mol. The van der Waals surface area contributed by atoms with Crippen LogP contribution in [0.1, 0.15) is 56.3 Å². The van der Waals surface area contributed by atoms with E-state index in [0.29, 0.717) is 17.8 Å².